The molecule has 0 unspecified atom stereocenters. The number of hydrogen-bond donors (Lipinski definition) is 1. The molecule has 0 bridgehead atoms. The largest absolute Gasteiger partial charge is 0.487 e. The van der Waals surface area contributed by atoms with Crippen molar-refractivity contribution in [2.24, 2.45) is 0 Å². The summed E-state index contributed by atoms with van der Waals surface area (Å²) in [5.74, 6) is 0.530. The molecule has 1 aliphatic heterocycles. The van der Waals surface area contributed by atoms with Crippen LogP contribution in [0.2, 0.25) is 5.02 Å². The predicted octanol–water partition coefficient (Wildman–Crippen LogP) is 5.62. The Hall–Kier alpha value is -2.57. The highest BCUT2D eigenvalue weighted by atomic mass is 35.5. The van der Waals surface area contributed by atoms with Gasteiger partial charge >= 0.3 is 0 Å². The fourth-order valence-corrected chi connectivity index (χ4v) is 4.10. The normalized spacial score (nSPS) is 13.9. The van der Waals surface area contributed by atoms with Gasteiger partial charge in [0.2, 0.25) is 0 Å². The Labute approximate surface area is 179 Å². The van der Waals surface area contributed by atoms with E-state index in [4.69, 9.17) is 16.3 Å². The van der Waals surface area contributed by atoms with Crippen LogP contribution in [0.1, 0.15) is 35.3 Å². The number of piperidine rings is 1. The number of anilines is 2. The zero-order valence-electron chi connectivity index (χ0n) is 15.9. The van der Waals surface area contributed by atoms with Crippen LogP contribution >= 0.6 is 22.9 Å². The molecule has 7 heteroatoms. The van der Waals surface area contributed by atoms with E-state index in [1.165, 1.54) is 30.6 Å². The van der Waals surface area contributed by atoms with E-state index in [2.05, 4.69) is 15.2 Å². The third-order valence-electron chi connectivity index (χ3n) is 4.89. The SMILES string of the molecule is O=C(Nc1cc(Cl)ccc1N1CCCCC1)c1ccc(OCc2cscn2)cc1. The van der Waals surface area contributed by atoms with Crippen molar-refractivity contribution in [1.29, 1.82) is 0 Å². The highest BCUT2D eigenvalue weighted by Crippen LogP contribution is 2.31. The van der Waals surface area contributed by atoms with Crippen LogP contribution in [0.3, 0.4) is 0 Å². The predicted molar refractivity (Wildman–Crippen MR) is 118 cm³/mol. The quantitative estimate of drug-likeness (QED) is 0.554. The van der Waals surface area contributed by atoms with Gasteiger partial charge in [-0.25, -0.2) is 4.98 Å². The fraction of sp³-hybridized carbons (Fsp3) is 0.273. The lowest BCUT2D eigenvalue weighted by Gasteiger charge is -2.30. The van der Waals surface area contributed by atoms with Gasteiger partial charge in [-0.05, 0) is 61.7 Å². The van der Waals surface area contributed by atoms with Crippen molar-refractivity contribution in [2.45, 2.75) is 25.9 Å². The van der Waals surface area contributed by atoms with Crippen molar-refractivity contribution in [3.63, 3.8) is 0 Å². The summed E-state index contributed by atoms with van der Waals surface area (Å²) in [5.41, 5.74) is 5.00. The van der Waals surface area contributed by atoms with Crippen LogP contribution in [-0.4, -0.2) is 24.0 Å². The van der Waals surface area contributed by atoms with Crippen molar-refractivity contribution in [3.05, 3.63) is 69.6 Å². The molecule has 0 aliphatic carbocycles. The molecule has 29 heavy (non-hydrogen) atoms. The number of ether oxygens (including phenoxy) is 1. The van der Waals surface area contributed by atoms with Crippen molar-refractivity contribution in [2.75, 3.05) is 23.3 Å². The minimum Gasteiger partial charge on any atom is -0.487 e. The van der Waals surface area contributed by atoms with Crippen LogP contribution in [0.4, 0.5) is 11.4 Å². The average Bonchev–Trinajstić information content (AvgIpc) is 3.27. The molecule has 2 aromatic carbocycles. The molecule has 150 valence electrons. The first kappa shape index (κ1) is 19.7. The summed E-state index contributed by atoms with van der Waals surface area (Å²) in [6.45, 7) is 2.40. The van der Waals surface area contributed by atoms with Gasteiger partial charge in [0.25, 0.3) is 5.91 Å². The summed E-state index contributed by atoms with van der Waals surface area (Å²) >= 11 is 7.73. The first-order valence-electron chi connectivity index (χ1n) is 9.65. The summed E-state index contributed by atoms with van der Waals surface area (Å²) < 4.78 is 5.71. The molecule has 1 N–H and O–H groups in total. The minimum absolute atomic E-state index is 0.170. The molecule has 1 aromatic heterocycles. The number of rotatable bonds is 6. The Bertz CT molecular complexity index is 955. The molecular weight excluding hydrogens is 406 g/mol. The van der Waals surface area contributed by atoms with Gasteiger partial charge in [0, 0.05) is 29.1 Å². The number of aromatic nitrogens is 1. The maximum atomic E-state index is 12.8. The standard InChI is InChI=1S/C22H22ClN3O2S/c23-17-6-9-21(26-10-2-1-3-11-26)20(12-17)25-22(27)16-4-7-19(8-5-16)28-13-18-14-29-15-24-18/h4-9,12,14-15H,1-3,10-11,13H2,(H,25,27). The fourth-order valence-electron chi connectivity index (χ4n) is 3.38. The van der Waals surface area contributed by atoms with Crippen molar-refractivity contribution >= 4 is 40.2 Å². The molecule has 0 atom stereocenters. The topological polar surface area (TPSA) is 54.5 Å². The van der Waals surface area contributed by atoms with E-state index in [0.29, 0.717) is 22.9 Å². The third kappa shape index (κ3) is 5.08. The van der Waals surface area contributed by atoms with E-state index in [9.17, 15) is 4.79 Å². The molecule has 1 fully saturated rings. The number of nitrogens with one attached hydrogen (secondary N) is 1. The Kier molecular flexibility index (Phi) is 6.32. The van der Waals surface area contributed by atoms with Crippen molar-refractivity contribution in [3.8, 4) is 5.75 Å². The van der Waals surface area contributed by atoms with Crippen LogP contribution in [0, 0.1) is 0 Å². The maximum absolute atomic E-state index is 12.8. The molecule has 1 aliphatic rings. The van der Waals surface area contributed by atoms with Crippen LogP contribution in [0.15, 0.2) is 53.4 Å². The van der Waals surface area contributed by atoms with Gasteiger partial charge in [0.15, 0.2) is 0 Å². The van der Waals surface area contributed by atoms with Gasteiger partial charge < -0.3 is 15.0 Å². The first-order chi connectivity index (χ1) is 14.2. The van der Waals surface area contributed by atoms with E-state index < -0.39 is 0 Å². The molecule has 5 nitrogen and oxygen atoms in total. The second-order valence-corrected chi connectivity index (χ2v) is 8.11. The van der Waals surface area contributed by atoms with Crippen LogP contribution in [-0.2, 0) is 6.61 Å². The van der Waals surface area contributed by atoms with Crippen molar-refractivity contribution < 1.29 is 9.53 Å². The summed E-state index contributed by atoms with van der Waals surface area (Å²) in [4.78, 5) is 19.3. The van der Waals surface area contributed by atoms with E-state index in [0.717, 1.165) is 30.2 Å². The van der Waals surface area contributed by atoms with E-state index in [1.54, 1.807) is 29.8 Å². The van der Waals surface area contributed by atoms with Crippen molar-refractivity contribution in [1.82, 2.24) is 4.98 Å². The molecule has 3 aromatic rings. The lowest BCUT2D eigenvalue weighted by Crippen LogP contribution is -2.30. The van der Waals surface area contributed by atoms with Gasteiger partial charge in [0.1, 0.15) is 12.4 Å². The lowest BCUT2D eigenvalue weighted by atomic mass is 10.1. The molecule has 1 saturated heterocycles. The molecule has 0 spiro atoms. The van der Waals surface area contributed by atoms with E-state index in [-0.39, 0.29) is 5.91 Å². The Balaban J connectivity index is 1.44. The van der Waals surface area contributed by atoms with Gasteiger partial charge in [-0.3, -0.25) is 4.79 Å². The van der Waals surface area contributed by atoms with E-state index >= 15 is 0 Å². The van der Waals surface area contributed by atoms with E-state index in [1.807, 2.05) is 23.6 Å². The highest BCUT2D eigenvalue weighted by molar-refractivity contribution is 7.07. The molecule has 1 amide bonds. The number of carbonyl (C=O) groups excluding carboxylic acids is 1. The number of nitrogens with zero attached hydrogens (tertiary/aromatic N) is 2. The number of thiazole rings is 1. The molecule has 0 saturated carbocycles. The third-order valence-corrected chi connectivity index (χ3v) is 5.76. The number of benzene rings is 2. The smallest absolute Gasteiger partial charge is 0.255 e. The summed E-state index contributed by atoms with van der Waals surface area (Å²) in [6, 6.07) is 12.8. The molecule has 2 heterocycles. The molecular formula is C22H22ClN3O2S. The Morgan fingerprint density at radius 2 is 1.93 bits per heavy atom. The zero-order chi connectivity index (χ0) is 20.1. The molecule has 4 rings (SSSR count). The minimum atomic E-state index is -0.170. The number of carbonyl (C=O) groups is 1. The number of amides is 1. The first-order valence-corrected chi connectivity index (χ1v) is 11.0. The number of hydrogen-bond acceptors (Lipinski definition) is 5. The van der Waals surface area contributed by atoms with Crippen LogP contribution in [0.25, 0.3) is 0 Å². The average molecular weight is 428 g/mol. The molecule has 0 radical (unpaired) electrons. The summed E-state index contributed by atoms with van der Waals surface area (Å²) in [5, 5.41) is 5.58. The summed E-state index contributed by atoms with van der Waals surface area (Å²) in [7, 11) is 0. The second-order valence-electron chi connectivity index (χ2n) is 6.96. The zero-order valence-corrected chi connectivity index (χ0v) is 17.5. The summed E-state index contributed by atoms with van der Waals surface area (Å²) in [6.07, 6.45) is 3.58. The maximum Gasteiger partial charge on any atom is 0.255 e. The van der Waals surface area contributed by atoms with Gasteiger partial charge in [-0.2, -0.15) is 0 Å². The lowest BCUT2D eigenvalue weighted by molar-refractivity contribution is 0.102. The monoisotopic (exact) mass is 427 g/mol. The Morgan fingerprint density at radius 1 is 1.14 bits per heavy atom. The second kappa shape index (κ2) is 9.29. The highest BCUT2D eigenvalue weighted by Gasteiger charge is 2.17. The Morgan fingerprint density at radius 3 is 2.66 bits per heavy atom. The van der Waals surface area contributed by atoms with Crippen LogP contribution < -0.4 is 15.0 Å². The van der Waals surface area contributed by atoms with Gasteiger partial charge in [-0.15, -0.1) is 11.3 Å². The van der Waals surface area contributed by atoms with Gasteiger partial charge in [-0.1, -0.05) is 11.6 Å². The number of halogens is 1. The van der Waals surface area contributed by atoms with Crippen LogP contribution in [0.5, 0.6) is 5.75 Å². The van der Waals surface area contributed by atoms with Gasteiger partial charge in [0.05, 0.1) is 22.6 Å².